The number of nitrogens with two attached hydrogens (primary N) is 1. The lowest BCUT2D eigenvalue weighted by atomic mass is 10.1. The summed E-state index contributed by atoms with van der Waals surface area (Å²) < 4.78 is 0. The monoisotopic (exact) mass is 271 g/mol. The van der Waals surface area contributed by atoms with Crippen LogP contribution >= 0.6 is 0 Å². The third-order valence-electron chi connectivity index (χ3n) is 3.32. The van der Waals surface area contributed by atoms with Gasteiger partial charge in [-0.2, -0.15) is 0 Å². The molecule has 2 aromatic rings. The number of hydrogen-bond donors (Lipinski definition) is 1. The van der Waals surface area contributed by atoms with E-state index in [0.29, 0.717) is 11.8 Å². The van der Waals surface area contributed by atoms with Gasteiger partial charge in [0, 0.05) is 24.7 Å². The van der Waals surface area contributed by atoms with Gasteiger partial charge in [0.25, 0.3) is 0 Å². The average Bonchev–Trinajstić information content (AvgIpc) is 2.37. The van der Waals surface area contributed by atoms with Crippen molar-refractivity contribution in [1.29, 1.82) is 0 Å². The molecule has 0 saturated heterocycles. The molecule has 0 aliphatic rings. The van der Waals surface area contributed by atoms with Gasteiger partial charge >= 0.3 is 0 Å². The molecule has 0 aliphatic heterocycles. The van der Waals surface area contributed by atoms with Crippen molar-refractivity contribution >= 4 is 22.3 Å². The van der Waals surface area contributed by atoms with E-state index in [9.17, 15) is 0 Å². The molecule has 0 radical (unpaired) electrons. The zero-order valence-corrected chi connectivity index (χ0v) is 12.9. The summed E-state index contributed by atoms with van der Waals surface area (Å²) in [6, 6.07) is 8.16. The van der Waals surface area contributed by atoms with E-state index in [0.717, 1.165) is 35.4 Å². The summed E-state index contributed by atoms with van der Waals surface area (Å²) in [6.45, 7) is 11.0. The molecule has 1 heterocycles. The highest BCUT2D eigenvalue weighted by Gasteiger charge is 2.15. The summed E-state index contributed by atoms with van der Waals surface area (Å²) in [5.74, 6) is 1.22. The van der Waals surface area contributed by atoms with Crippen molar-refractivity contribution in [2.24, 2.45) is 11.8 Å². The highest BCUT2D eigenvalue weighted by Crippen LogP contribution is 2.31. The van der Waals surface area contributed by atoms with Crippen molar-refractivity contribution in [2.45, 2.75) is 27.7 Å². The average molecular weight is 271 g/mol. The smallest absolute Gasteiger partial charge is 0.0724 e. The molecule has 0 unspecified atom stereocenters. The molecule has 108 valence electrons. The zero-order valence-electron chi connectivity index (χ0n) is 12.9. The second-order valence-electron chi connectivity index (χ2n) is 6.26. The molecule has 2 rings (SSSR count). The number of pyridine rings is 1. The lowest BCUT2D eigenvalue weighted by Crippen LogP contribution is -2.31. The number of aromatic nitrogens is 1. The van der Waals surface area contributed by atoms with Gasteiger partial charge in [0.15, 0.2) is 0 Å². The minimum Gasteiger partial charge on any atom is -0.396 e. The van der Waals surface area contributed by atoms with Gasteiger partial charge < -0.3 is 10.6 Å². The molecular weight excluding hydrogens is 246 g/mol. The second-order valence-corrected chi connectivity index (χ2v) is 6.26. The van der Waals surface area contributed by atoms with Gasteiger partial charge in [0.2, 0.25) is 0 Å². The molecule has 0 fully saturated rings. The Morgan fingerprint density at radius 3 is 2.30 bits per heavy atom. The van der Waals surface area contributed by atoms with E-state index in [1.807, 2.05) is 12.1 Å². The number of fused-ring (bicyclic) bond motifs is 1. The van der Waals surface area contributed by atoms with Crippen molar-refractivity contribution in [2.75, 3.05) is 23.7 Å². The van der Waals surface area contributed by atoms with Crippen molar-refractivity contribution in [3.8, 4) is 0 Å². The summed E-state index contributed by atoms with van der Waals surface area (Å²) in [6.07, 6.45) is 1.81. The highest BCUT2D eigenvalue weighted by atomic mass is 15.1. The van der Waals surface area contributed by atoms with Crippen LogP contribution in [-0.2, 0) is 0 Å². The molecule has 0 bridgehead atoms. The quantitative estimate of drug-likeness (QED) is 0.838. The molecule has 1 aromatic heterocycles. The number of nitrogen functional groups attached to an aromatic ring is 1. The summed E-state index contributed by atoms with van der Waals surface area (Å²) in [4.78, 5) is 6.77. The number of benzene rings is 1. The minimum absolute atomic E-state index is 0.609. The maximum absolute atomic E-state index is 6.39. The number of nitrogens with zero attached hydrogens (tertiary/aromatic N) is 2. The fraction of sp³-hybridized carbons (Fsp3) is 0.471. The maximum atomic E-state index is 6.39. The van der Waals surface area contributed by atoms with Gasteiger partial charge in [-0.3, -0.25) is 4.98 Å². The van der Waals surface area contributed by atoms with Crippen LogP contribution in [0.5, 0.6) is 0 Å². The summed E-state index contributed by atoms with van der Waals surface area (Å²) in [5, 5.41) is 1.04. The Hall–Kier alpha value is -1.77. The first-order chi connectivity index (χ1) is 9.49. The number of anilines is 2. The van der Waals surface area contributed by atoms with Crippen LogP contribution in [0.25, 0.3) is 10.9 Å². The minimum atomic E-state index is 0.609. The summed E-state index contributed by atoms with van der Waals surface area (Å²) in [5.41, 5.74) is 9.33. The predicted molar refractivity (Wildman–Crippen MR) is 88.0 cm³/mol. The van der Waals surface area contributed by atoms with Crippen molar-refractivity contribution < 1.29 is 0 Å². The van der Waals surface area contributed by atoms with Crippen LogP contribution in [0.15, 0.2) is 30.5 Å². The van der Waals surface area contributed by atoms with E-state index >= 15 is 0 Å². The maximum Gasteiger partial charge on any atom is 0.0724 e. The van der Waals surface area contributed by atoms with Gasteiger partial charge in [0.05, 0.1) is 16.9 Å². The number of rotatable bonds is 5. The lowest BCUT2D eigenvalue weighted by Gasteiger charge is -2.30. The first-order valence-corrected chi connectivity index (χ1v) is 7.37. The second kappa shape index (κ2) is 6.12. The molecule has 3 nitrogen and oxygen atoms in total. The van der Waals surface area contributed by atoms with E-state index in [2.05, 4.69) is 49.7 Å². The Morgan fingerprint density at radius 1 is 1.05 bits per heavy atom. The predicted octanol–water partition coefficient (Wildman–Crippen LogP) is 3.94. The fourth-order valence-corrected chi connectivity index (χ4v) is 2.59. The third kappa shape index (κ3) is 3.21. The van der Waals surface area contributed by atoms with E-state index < -0.39 is 0 Å². The Balaban J connectivity index is 2.44. The molecular formula is C17H25N3. The largest absolute Gasteiger partial charge is 0.396 e. The van der Waals surface area contributed by atoms with Crippen molar-refractivity contribution in [3.05, 3.63) is 30.5 Å². The Labute approximate surface area is 121 Å². The van der Waals surface area contributed by atoms with Crippen molar-refractivity contribution in [3.63, 3.8) is 0 Å². The van der Waals surface area contributed by atoms with Gasteiger partial charge in [0.1, 0.15) is 0 Å². The van der Waals surface area contributed by atoms with E-state index in [-0.39, 0.29) is 0 Å². The van der Waals surface area contributed by atoms with Gasteiger partial charge in [-0.25, -0.2) is 0 Å². The SMILES string of the molecule is CC(C)CN(CC(C)C)c1ccc2ncccc2c1N. The van der Waals surface area contributed by atoms with Crippen LogP contribution in [0.3, 0.4) is 0 Å². The van der Waals surface area contributed by atoms with Crippen LogP contribution in [-0.4, -0.2) is 18.1 Å². The molecule has 0 saturated carbocycles. The van der Waals surface area contributed by atoms with Crippen LogP contribution < -0.4 is 10.6 Å². The zero-order chi connectivity index (χ0) is 14.7. The summed E-state index contributed by atoms with van der Waals surface area (Å²) >= 11 is 0. The van der Waals surface area contributed by atoms with E-state index in [4.69, 9.17) is 5.73 Å². The fourth-order valence-electron chi connectivity index (χ4n) is 2.59. The highest BCUT2D eigenvalue weighted by molar-refractivity contribution is 5.97. The van der Waals surface area contributed by atoms with Gasteiger partial charge in [-0.15, -0.1) is 0 Å². The van der Waals surface area contributed by atoms with Crippen LogP contribution in [0.2, 0.25) is 0 Å². The molecule has 0 aliphatic carbocycles. The van der Waals surface area contributed by atoms with Crippen LogP contribution in [0.1, 0.15) is 27.7 Å². The van der Waals surface area contributed by atoms with E-state index in [1.165, 1.54) is 0 Å². The molecule has 1 aromatic carbocycles. The lowest BCUT2D eigenvalue weighted by molar-refractivity contribution is 0.553. The van der Waals surface area contributed by atoms with E-state index in [1.54, 1.807) is 6.20 Å². The van der Waals surface area contributed by atoms with Crippen LogP contribution in [0.4, 0.5) is 11.4 Å². The molecule has 0 amide bonds. The Morgan fingerprint density at radius 2 is 1.70 bits per heavy atom. The van der Waals surface area contributed by atoms with Gasteiger partial charge in [-0.05, 0) is 36.1 Å². The van der Waals surface area contributed by atoms with Gasteiger partial charge in [-0.1, -0.05) is 27.7 Å². The molecule has 0 atom stereocenters. The molecule has 0 spiro atoms. The standard InChI is InChI=1S/C17H25N3/c1-12(2)10-20(11-13(3)4)16-8-7-15-14(17(16)18)6-5-9-19-15/h5-9,12-13H,10-11,18H2,1-4H3. The topological polar surface area (TPSA) is 42.2 Å². The first kappa shape index (κ1) is 14.6. The first-order valence-electron chi connectivity index (χ1n) is 7.37. The summed E-state index contributed by atoms with van der Waals surface area (Å²) in [7, 11) is 0. The van der Waals surface area contributed by atoms with Crippen LogP contribution in [0, 0.1) is 11.8 Å². The third-order valence-corrected chi connectivity index (χ3v) is 3.32. The molecule has 2 N–H and O–H groups in total. The number of hydrogen-bond acceptors (Lipinski definition) is 3. The molecule has 20 heavy (non-hydrogen) atoms. The Kier molecular flexibility index (Phi) is 4.48. The molecule has 3 heteroatoms. The Bertz CT molecular complexity index is 565. The normalized spacial score (nSPS) is 11.5. The van der Waals surface area contributed by atoms with Crippen molar-refractivity contribution in [1.82, 2.24) is 4.98 Å².